The summed E-state index contributed by atoms with van der Waals surface area (Å²) >= 11 is 0. The largest absolute Gasteiger partial charge is 0.355 e. The number of hydrogen-bond donors (Lipinski definition) is 1. The van der Waals surface area contributed by atoms with Crippen LogP contribution in [0.2, 0.25) is 0 Å². The average Bonchev–Trinajstić information content (AvgIpc) is 3.03. The fraction of sp³-hybridized carbons (Fsp3) is 0.0769. The molecule has 0 fully saturated rings. The summed E-state index contributed by atoms with van der Waals surface area (Å²) in [4.78, 5) is 3.56. The van der Waals surface area contributed by atoms with Crippen molar-refractivity contribution < 1.29 is 0 Å². The van der Waals surface area contributed by atoms with Crippen LogP contribution in [-0.4, -0.2) is 4.98 Å². The van der Waals surface area contributed by atoms with Crippen molar-refractivity contribution in [1.29, 1.82) is 0 Å². The molecule has 0 saturated heterocycles. The van der Waals surface area contributed by atoms with Gasteiger partial charge in [0.2, 0.25) is 0 Å². The summed E-state index contributed by atoms with van der Waals surface area (Å²) in [5, 5.41) is 1.24. The van der Waals surface area contributed by atoms with E-state index in [0.29, 0.717) is 0 Å². The van der Waals surface area contributed by atoms with Crippen LogP contribution < -0.4 is 0 Å². The number of aromatic nitrogens is 1. The highest BCUT2D eigenvalue weighted by molar-refractivity contribution is 5.96. The van der Waals surface area contributed by atoms with Gasteiger partial charge in [0, 0.05) is 22.2 Å². The zero-order valence-corrected chi connectivity index (χ0v) is 15.7. The van der Waals surface area contributed by atoms with Crippen LogP contribution in [0.25, 0.3) is 35.2 Å². The molecule has 132 valence electrons. The summed E-state index contributed by atoms with van der Waals surface area (Å²) in [5.41, 5.74) is 8.47. The molecule has 0 aliphatic rings. The van der Waals surface area contributed by atoms with Crippen LogP contribution in [0.3, 0.4) is 0 Å². The minimum atomic E-state index is 1.13. The third-order valence-corrected chi connectivity index (χ3v) is 4.78. The Morgan fingerprint density at radius 2 is 1.41 bits per heavy atom. The van der Waals surface area contributed by atoms with Gasteiger partial charge < -0.3 is 4.98 Å². The topological polar surface area (TPSA) is 15.8 Å². The maximum absolute atomic E-state index is 3.56. The number of fused-ring (bicyclic) bond motifs is 1. The Labute approximate surface area is 160 Å². The lowest BCUT2D eigenvalue weighted by molar-refractivity contribution is 1.42. The first kappa shape index (κ1) is 17.1. The van der Waals surface area contributed by atoms with Crippen molar-refractivity contribution in [3.63, 3.8) is 0 Å². The number of hydrogen-bond acceptors (Lipinski definition) is 0. The molecule has 4 aromatic rings. The SMILES string of the molecule is Cc1ccc(/C=C/c2[nH]c3ccccc3c2/C=C/c2cccc(C)c2)cc1. The fourth-order valence-corrected chi connectivity index (χ4v) is 3.31. The summed E-state index contributed by atoms with van der Waals surface area (Å²) in [6.07, 6.45) is 8.73. The smallest absolute Gasteiger partial charge is 0.0465 e. The van der Waals surface area contributed by atoms with Gasteiger partial charge in [0.05, 0.1) is 0 Å². The molecular weight excluding hydrogens is 326 g/mol. The van der Waals surface area contributed by atoms with E-state index in [0.717, 1.165) is 11.2 Å². The molecule has 0 bridgehead atoms. The van der Waals surface area contributed by atoms with E-state index in [-0.39, 0.29) is 0 Å². The van der Waals surface area contributed by atoms with Crippen LogP contribution >= 0.6 is 0 Å². The Bertz CT molecular complexity index is 1120. The normalized spacial score (nSPS) is 11.8. The highest BCUT2D eigenvalue weighted by Gasteiger charge is 2.06. The van der Waals surface area contributed by atoms with Crippen LogP contribution in [0.4, 0.5) is 0 Å². The van der Waals surface area contributed by atoms with Gasteiger partial charge in [-0.1, -0.05) is 96.1 Å². The number of rotatable bonds is 4. The van der Waals surface area contributed by atoms with Crippen LogP contribution in [0.1, 0.15) is 33.5 Å². The molecule has 0 saturated carbocycles. The molecular formula is C26H23N. The Hall–Kier alpha value is -3.32. The van der Waals surface area contributed by atoms with Crippen molar-refractivity contribution in [2.24, 2.45) is 0 Å². The van der Waals surface area contributed by atoms with Gasteiger partial charge in [-0.05, 0) is 37.1 Å². The van der Waals surface area contributed by atoms with E-state index in [1.807, 2.05) is 0 Å². The summed E-state index contributed by atoms with van der Waals surface area (Å²) in [5.74, 6) is 0. The van der Waals surface area contributed by atoms with Gasteiger partial charge in [-0.2, -0.15) is 0 Å². The third kappa shape index (κ3) is 3.93. The first-order valence-corrected chi connectivity index (χ1v) is 9.29. The maximum atomic E-state index is 3.56. The molecule has 0 aliphatic carbocycles. The Morgan fingerprint density at radius 1 is 0.630 bits per heavy atom. The number of H-pyrrole nitrogens is 1. The Balaban J connectivity index is 1.74. The summed E-state index contributed by atoms with van der Waals surface area (Å²) in [7, 11) is 0. The first-order valence-electron chi connectivity index (χ1n) is 9.29. The van der Waals surface area contributed by atoms with E-state index in [9.17, 15) is 0 Å². The molecule has 1 N–H and O–H groups in total. The van der Waals surface area contributed by atoms with Gasteiger partial charge in [0.15, 0.2) is 0 Å². The van der Waals surface area contributed by atoms with Gasteiger partial charge in [-0.15, -0.1) is 0 Å². The second-order valence-electron chi connectivity index (χ2n) is 6.99. The molecule has 0 radical (unpaired) electrons. The van der Waals surface area contributed by atoms with Gasteiger partial charge in [-0.25, -0.2) is 0 Å². The van der Waals surface area contributed by atoms with Crippen LogP contribution in [0.15, 0.2) is 72.8 Å². The number of aryl methyl sites for hydroxylation is 2. The molecule has 1 nitrogen and oxygen atoms in total. The van der Waals surface area contributed by atoms with Gasteiger partial charge in [0.1, 0.15) is 0 Å². The zero-order chi connectivity index (χ0) is 18.6. The second kappa shape index (κ2) is 7.51. The quantitative estimate of drug-likeness (QED) is 0.403. The fourth-order valence-electron chi connectivity index (χ4n) is 3.31. The minimum Gasteiger partial charge on any atom is -0.355 e. The Morgan fingerprint density at radius 3 is 2.22 bits per heavy atom. The number of nitrogens with one attached hydrogen (secondary N) is 1. The van der Waals surface area contributed by atoms with E-state index >= 15 is 0 Å². The highest BCUT2D eigenvalue weighted by atomic mass is 14.7. The third-order valence-electron chi connectivity index (χ3n) is 4.78. The van der Waals surface area contributed by atoms with Gasteiger partial charge in [-0.3, -0.25) is 0 Å². The molecule has 1 heteroatoms. The van der Waals surface area contributed by atoms with E-state index in [1.165, 1.54) is 33.2 Å². The molecule has 0 unspecified atom stereocenters. The van der Waals surface area contributed by atoms with Crippen LogP contribution in [0, 0.1) is 13.8 Å². The van der Waals surface area contributed by atoms with Crippen molar-refractivity contribution in [2.75, 3.05) is 0 Å². The molecule has 1 aromatic heterocycles. The van der Waals surface area contributed by atoms with E-state index < -0.39 is 0 Å². The number of benzene rings is 3. The zero-order valence-electron chi connectivity index (χ0n) is 15.7. The first-order chi connectivity index (χ1) is 13.2. The van der Waals surface area contributed by atoms with Crippen molar-refractivity contribution in [2.45, 2.75) is 13.8 Å². The molecule has 0 amide bonds. The standard InChI is InChI=1S/C26H23N/c1-19-10-12-21(13-11-19)15-17-26-24(23-8-3-4-9-25(23)27-26)16-14-22-7-5-6-20(2)18-22/h3-18,27H,1-2H3/b16-14+,17-15+. The van der Waals surface area contributed by atoms with Gasteiger partial charge in [0.25, 0.3) is 0 Å². The molecule has 0 atom stereocenters. The predicted molar refractivity (Wildman–Crippen MR) is 119 cm³/mol. The molecule has 1 heterocycles. The monoisotopic (exact) mass is 349 g/mol. The number of para-hydroxylation sites is 1. The summed E-state index contributed by atoms with van der Waals surface area (Å²) < 4.78 is 0. The highest BCUT2D eigenvalue weighted by Crippen LogP contribution is 2.26. The lowest BCUT2D eigenvalue weighted by Crippen LogP contribution is -1.79. The molecule has 0 spiro atoms. The van der Waals surface area contributed by atoms with Crippen molar-refractivity contribution in [1.82, 2.24) is 4.98 Å². The molecule has 27 heavy (non-hydrogen) atoms. The van der Waals surface area contributed by atoms with E-state index in [2.05, 4.69) is 116 Å². The molecule has 0 aliphatic heterocycles. The van der Waals surface area contributed by atoms with E-state index in [1.54, 1.807) is 0 Å². The minimum absolute atomic E-state index is 1.13. The molecule has 4 rings (SSSR count). The van der Waals surface area contributed by atoms with Crippen molar-refractivity contribution in [3.05, 3.63) is 106 Å². The maximum Gasteiger partial charge on any atom is 0.0465 e. The van der Waals surface area contributed by atoms with Crippen molar-refractivity contribution in [3.8, 4) is 0 Å². The molecule has 3 aromatic carbocycles. The van der Waals surface area contributed by atoms with Crippen molar-refractivity contribution >= 4 is 35.2 Å². The number of aromatic amines is 1. The predicted octanol–water partition coefficient (Wildman–Crippen LogP) is 7.13. The lowest BCUT2D eigenvalue weighted by Gasteiger charge is -1.98. The summed E-state index contributed by atoms with van der Waals surface area (Å²) in [6, 6.07) is 25.6. The van der Waals surface area contributed by atoms with Crippen LogP contribution in [0.5, 0.6) is 0 Å². The van der Waals surface area contributed by atoms with E-state index in [4.69, 9.17) is 0 Å². The summed E-state index contributed by atoms with van der Waals surface area (Å²) in [6.45, 7) is 4.23. The Kier molecular flexibility index (Phi) is 4.76. The van der Waals surface area contributed by atoms with Crippen LogP contribution in [-0.2, 0) is 0 Å². The second-order valence-corrected chi connectivity index (χ2v) is 6.99. The average molecular weight is 349 g/mol. The lowest BCUT2D eigenvalue weighted by atomic mass is 10.1. The van der Waals surface area contributed by atoms with Gasteiger partial charge >= 0.3 is 0 Å².